The van der Waals surface area contributed by atoms with Gasteiger partial charge in [-0.25, -0.2) is 12.7 Å². The molecule has 25 heavy (non-hydrogen) atoms. The minimum absolute atomic E-state index is 0.0474. The van der Waals surface area contributed by atoms with E-state index in [2.05, 4.69) is 0 Å². The number of nitrogens with zero attached hydrogens (tertiary/aromatic N) is 2. The summed E-state index contributed by atoms with van der Waals surface area (Å²) in [6, 6.07) is 5.48. The summed E-state index contributed by atoms with van der Waals surface area (Å²) in [5.41, 5.74) is 0.954. The van der Waals surface area contributed by atoms with Crippen molar-refractivity contribution in [3.8, 4) is 5.75 Å². The normalized spacial score (nSPS) is 16.5. The van der Waals surface area contributed by atoms with Gasteiger partial charge in [0, 0.05) is 37.6 Å². The fraction of sp³-hybridized carbons (Fsp3) is 0.588. The van der Waals surface area contributed by atoms with E-state index in [1.165, 1.54) is 10.6 Å². The summed E-state index contributed by atoms with van der Waals surface area (Å²) < 4.78 is 30.3. The van der Waals surface area contributed by atoms with E-state index in [0.29, 0.717) is 57.1 Å². The highest BCUT2D eigenvalue weighted by atomic mass is 35.5. The van der Waals surface area contributed by atoms with Crippen LogP contribution in [0.15, 0.2) is 18.2 Å². The number of carbonyl (C=O) groups excluding carboxylic acids is 1. The molecule has 1 heterocycles. The lowest BCUT2D eigenvalue weighted by Crippen LogP contribution is -2.36. The summed E-state index contributed by atoms with van der Waals surface area (Å²) in [5.74, 6) is 0.791. The number of hydrogen-bond acceptors (Lipinski definition) is 4. The van der Waals surface area contributed by atoms with Crippen molar-refractivity contribution < 1.29 is 17.9 Å². The number of amides is 1. The molecule has 0 saturated carbocycles. The van der Waals surface area contributed by atoms with Crippen LogP contribution in [0.3, 0.4) is 0 Å². The van der Waals surface area contributed by atoms with Gasteiger partial charge in [-0.1, -0.05) is 11.6 Å². The first-order chi connectivity index (χ1) is 11.8. The number of aryl methyl sites for hydroxylation is 1. The second-order valence-electron chi connectivity index (χ2n) is 6.26. The molecule has 6 nitrogen and oxygen atoms in total. The number of rotatable bonds is 6. The lowest BCUT2D eigenvalue weighted by atomic mass is 10.2. The summed E-state index contributed by atoms with van der Waals surface area (Å²) in [5, 5.41) is 0.701. The number of ether oxygens (including phenoxy) is 1. The van der Waals surface area contributed by atoms with Gasteiger partial charge in [0.1, 0.15) is 5.75 Å². The van der Waals surface area contributed by atoms with Crippen molar-refractivity contribution in [1.29, 1.82) is 0 Å². The molecule has 0 atom stereocenters. The first kappa shape index (κ1) is 20.0. The van der Waals surface area contributed by atoms with Crippen molar-refractivity contribution in [2.24, 2.45) is 0 Å². The van der Waals surface area contributed by atoms with Gasteiger partial charge in [0.25, 0.3) is 0 Å². The molecule has 0 spiro atoms. The van der Waals surface area contributed by atoms with Crippen LogP contribution in [0.25, 0.3) is 0 Å². The van der Waals surface area contributed by atoms with Crippen LogP contribution >= 0.6 is 11.6 Å². The second kappa shape index (κ2) is 8.87. The van der Waals surface area contributed by atoms with Crippen LogP contribution < -0.4 is 4.74 Å². The van der Waals surface area contributed by atoms with Gasteiger partial charge in [-0.15, -0.1) is 0 Å². The Balaban J connectivity index is 1.74. The zero-order chi connectivity index (χ0) is 18.4. The number of sulfonamides is 1. The molecule has 0 aliphatic carbocycles. The number of benzene rings is 1. The molecule has 1 aromatic rings. The van der Waals surface area contributed by atoms with Gasteiger partial charge in [0.15, 0.2) is 0 Å². The van der Waals surface area contributed by atoms with Gasteiger partial charge in [0.2, 0.25) is 15.9 Å². The van der Waals surface area contributed by atoms with Crippen LogP contribution in [-0.2, 0) is 14.8 Å². The number of carbonyl (C=O) groups is 1. The topological polar surface area (TPSA) is 66.9 Å². The molecule has 0 N–H and O–H groups in total. The molecule has 0 unspecified atom stereocenters. The molecular weight excluding hydrogens is 364 g/mol. The molecule has 1 amide bonds. The molecule has 0 radical (unpaired) electrons. The zero-order valence-electron chi connectivity index (χ0n) is 14.7. The quantitative estimate of drug-likeness (QED) is 0.701. The van der Waals surface area contributed by atoms with E-state index in [-0.39, 0.29) is 5.91 Å². The summed E-state index contributed by atoms with van der Waals surface area (Å²) in [6.07, 6.45) is 2.89. The number of hydrogen-bond donors (Lipinski definition) is 0. The molecule has 0 bridgehead atoms. The largest absolute Gasteiger partial charge is 0.494 e. The smallest absolute Gasteiger partial charge is 0.222 e. The molecule has 1 fully saturated rings. The van der Waals surface area contributed by atoms with Crippen LogP contribution in [0.5, 0.6) is 5.75 Å². The lowest BCUT2D eigenvalue weighted by Gasteiger charge is -2.21. The fourth-order valence-corrected chi connectivity index (χ4v) is 3.74. The van der Waals surface area contributed by atoms with Crippen molar-refractivity contribution in [2.45, 2.75) is 26.2 Å². The van der Waals surface area contributed by atoms with Crippen LogP contribution in [-0.4, -0.2) is 62.6 Å². The SMILES string of the molecule is Cc1cc(OCCCC(=O)N2CCCN(S(C)(=O)=O)CC2)ccc1Cl. The van der Waals surface area contributed by atoms with E-state index in [1.54, 1.807) is 11.0 Å². The highest BCUT2D eigenvalue weighted by molar-refractivity contribution is 7.88. The summed E-state index contributed by atoms with van der Waals surface area (Å²) in [4.78, 5) is 14.0. The Morgan fingerprint density at radius 3 is 2.68 bits per heavy atom. The van der Waals surface area contributed by atoms with Crippen LogP contribution in [0.4, 0.5) is 0 Å². The van der Waals surface area contributed by atoms with E-state index in [1.807, 2.05) is 19.1 Å². The van der Waals surface area contributed by atoms with Crippen LogP contribution in [0, 0.1) is 6.92 Å². The van der Waals surface area contributed by atoms with Crippen LogP contribution in [0.1, 0.15) is 24.8 Å². The molecule has 0 aromatic heterocycles. The third-order valence-corrected chi connectivity index (χ3v) is 5.94. The number of halogens is 1. The predicted octanol–water partition coefficient (Wildman–Crippen LogP) is 2.30. The molecule has 8 heteroatoms. The van der Waals surface area contributed by atoms with E-state index >= 15 is 0 Å². The molecule has 1 aliphatic heterocycles. The highest BCUT2D eigenvalue weighted by Gasteiger charge is 2.23. The van der Waals surface area contributed by atoms with Crippen molar-refractivity contribution >= 4 is 27.5 Å². The van der Waals surface area contributed by atoms with Gasteiger partial charge in [0.05, 0.1) is 12.9 Å². The predicted molar refractivity (Wildman–Crippen MR) is 98.5 cm³/mol. The Morgan fingerprint density at radius 2 is 2.00 bits per heavy atom. The van der Waals surface area contributed by atoms with Crippen LogP contribution in [0.2, 0.25) is 5.02 Å². The summed E-state index contributed by atoms with van der Waals surface area (Å²) in [7, 11) is -3.19. The van der Waals surface area contributed by atoms with E-state index < -0.39 is 10.0 Å². The van der Waals surface area contributed by atoms with Gasteiger partial charge in [-0.3, -0.25) is 4.79 Å². The molecular formula is C17H25ClN2O4S. The van der Waals surface area contributed by atoms with Crippen molar-refractivity contribution in [3.05, 3.63) is 28.8 Å². The fourth-order valence-electron chi connectivity index (χ4n) is 2.75. The Hall–Kier alpha value is -1.31. The minimum atomic E-state index is -3.19. The van der Waals surface area contributed by atoms with Gasteiger partial charge in [-0.05, 0) is 43.5 Å². The average Bonchev–Trinajstić information content (AvgIpc) is 2.80. The van der Waals surface area contributed by atoms with E-state index in [0.717, 1.165) is 11.3 Å². The Morgan fingerprint density at radius 1 is 1.24 bits per heavy atom. The maximum Gasteiger partial charge on any atom is 0.222 e. The first-order valence-electron chi connectivity index (χ1n) is 8.39. The lowest BCUT2D eigenvalue weighted by molar-refractivity contribution is -0.131. The van der Waals surface area contributed by atoms with Crippen molar-refractivity contribution in [2.75, 3.05) is 39.0 Å². The second-order valence-corrected chi connectivity index (χ2v) is 8.65. The highest BCUT2D eigenvalue weighted by Crippen LogP contribution is 2.21. The summed E-state index contributed by atoms with van der Waals surface area (Å²) >= 11 is 5.97. The zero-order valence-corrected chi connectivity index (χ0v) is 16.3. The van der Waals surface area contributed by atoms with Gasteiger partial charge < -0.3 is 9.64 Å². The Bertz CT molecular complexity index is 709. The molecule has 1 saturated heterocycles. The van der Waals surface area contributed by atoms with Crippen molar-refractivity contribution in [1.82, 2.24) is 9.21 Å². The minimum Gasteiger partial charge on any atom is -0.494 e. The molecule has 140 valence electrons. The third kappa shape index (κ3) is 6.17. The average molecular weight is 389 g/mol. The Labute approximate surface area is 154 Å². The maximum absolute atomic E-state index is 12.3. The standard InChI is InChI=1S/C17H25ClN2O4S/c1-14-13-15(6-7-16(14)18)24-12-3-5-17(21)19-8-4-9-20(11-10-19)25(2,22)23/h6-7,13H,3-5,8-12H2,1-2H3. The van der Waals surface area contributed by atoms with Crippen molar-refractivity contribution in [3.63, 3.8) is 0 Å². The van der Waals surface area contributed by atoms with E-state index in [4.69, 9.17) is 16.3 Å². The molecule has 1 aromatic carbocycles. The first-order valence-corrected chi connectivity index (χ1v) is 10.6. The summed E-state index contributed by atoms with van der Waals surface area (Å²) in [6.45, 7) is 4.26. The maximum atomic E-state index is 12.3. The molecule has 1 aliphatic rings. The van der Waals surface area contributed by atoms with E-state index in [9.17, 15) is 13.2 Å². The van der Waals surface area contributed by atoms with Gasteiger partial charge >= 0.3 is 0 Å². The monoisotopic (exact) mass is 388 g/mol. The molecule has 2 rings (SSSR count). The third-order valence-electron chi connectivity index (χ3n) is 4.21. The Kier molecular flexibility index (Phi) is 7.10. The van der Waals surface area contributed by atoms with Gasteiger partial charge in [-0.2, -0.15) is 0 Å².